The summed E-state index contributed by atoms with van der Waals surface area (Å²) in [5.41, 5.74) is -1.14. The fourth-order valence-corrected chi connectivity index (χ4v) is 2.70. The van der Waals surface area contributed by atoms with Gasteiger partial charge in [0.2, 0.25) is 5.91 Å². The van der Waals surface area contributed by atoms with E-state index in [1.165, 1.54) is 0 Å². The minimum absolute atomic E-state index is 0.0198. The molecule has 0 aromatic rings. The first-order valence-corrected chi connectivity index (χ1v) is 6.14. The highest BCUT2D eigenvalue weighted by atomic mass is 16.5. The predicted octanol–water partition coefficient (Wildman–Crippen LogP) is 0.877. The van der Waals surface area contributed by atoms with Gasteiger partial charge in [-0.15, -0.1) is 0 Å². The molecule has 0 aromatic heterocycles. The maximum atomic E-state index is 12.3. The van der Waals surface area contributed by atoms with Gasteiger partial charge in [0.15, 0.2) is 0 Å². The second kappa shape index (κ2) is 4.29. The van der Waals surface area contributed by atoms with Gasteiger partial charge >= 0.3 is 5.97 Å². The third-order valence-corrected chi connectivity index (χ3v) is 3.73. The molecule has 96 valence electrons. The second-order valence-corrected chi connectivity index (χ2v) is 5.21. The summed E-state index contributed by atoms with van der Waals surface area (Å²) in [6.07, 6.45) is 1.73. The van der Waals surface area contributed by atoms with E-state index in [0.717, 1.165) is 6.42 Å². The summed E-state index contributed by atoms with van der Waals surface area (Å²) in [4.78, 5) is 25.3. The van der Waals surface area contributed by atoms with Crippen molar-refractivity contribution in [2.24, 2.45) is 5.41 Å². The van der Waals surface area contributed by atoms with Gasteiger partial charge in [-0.1, -0.05) is 6.42 Å². The average Bonchev–Trinajstić information content (AvgIpc) is 2.13. The van der Waals surface area contributed by atoms with Crippen molar-refractivity contribution in [2.75, 3.05) is 13.1 Å². The lowest BCUT2D eigenvalue weighted by molar-refractivity contribution is -0.173. The molecule has 0 aromatic carbocycles. The van der Waals surface area contributed by atoms with Crippen molar-refractivity contribution in [1.82, 2.24) is 4.90 Å². The smallest absolute Gasteiger partial charge is 0.319 e. The number of carbonyl (C=O) groups is 2. The van der Waals surface area contributed by atoms with E-state index in [4.69, 9.17) is 4.74 Å². The number of ether oxygens (including phenoxy) is 1. The van der Waals surface area contributed by atoms with E-state index in [1.807, 2.05) is 13.8 Å². The normalized spacial score (nSPS) is 31.8. The number of carboxylic acid groups (broad SMARTS) is 1. The van der Waals surface area contributed by atoms with Gasteiger partial charge in [0.25, 0.3) is 0 Å². The lowest BCUT2D eigenvalue weighted by Gasteiger charge is -2.43. The van der Waals surface area contributed by atoms with Gasteiger partial charge in [0, 0.05) is 13.1 Å². The minimum atomic E-state index is -1.14. The van der Waals surface area contributed by atoms with Gasteiger partial charge < -0.3 is 14.7 Å². The van der Waals surface area contributed by atoms with Crippen molar-refractivity contribution in [1.29, 1.82) is 0 Å². The van der Waals surface area contributed by atoms with Crippen LogP contribution in [0, 0.1) is 5.41 Å². The van der Waals surface area contributed by atoms with Gasteiger partial charge in [0.1, 0.15) is 5.41 Å². The SMILES string of the molecule is C[C@@H]1CN(C(=O)C2(C(=O)O)CCC2)C[C@H](C)O1. The highest BCUT2D eigenvalue weighted by Crippen LogP contribution is 2.43. The fourth-order valence-electron chi connectivity index (χ4n) is 2.70. The van der Waals surface area contributed by atoms with Gasteiger partial charge in [-0.3, -0.25) is 9.59 Å². The number of carboxylic acids is 1. The minimum Gasteiger partial charge on any atom is -0.480 e. The Morgan fingerprint density at radius 3 is 2.12 bits per heavy atom. The molecule has 0 bridgehead atoms. The Hall–Kier alpha value is -1.10. The first-order chi connectivity index (χ1) is 7.95. The Bertz CT molecular complexity index is 327. The predicted molar refractivity (Wildman–Crippen MR) is 60.5 cm³/mol. The number of rotatable bonds is 2. The summed E-state index contributed by atoms with van der Waals surface area (Å²) in [5, 5.41) is 9.24. The molecule has 1 amide bonds. The average molecular weight is 241 g/mol. The molecule has 0 unspecified atom stereocenters. The Morgan fingerprint density at radius 1 is 1.24 bits per heavy atom. The molecule has 2 atom stereocenters. The molecule has 2 fully saturated rings. The Balaban J connectivity index is 2.11. The van der Waals surface area contributed by atoms with Crippen molar-refractivity contribution >= 4 is 11.9 Å². The third kappa shape index (κ3) is 2.04. The third-order valence-electron chi connectivity index (χ3n) is 3.73. The number of nitrogens with zero attached hydrogens (tertiary/aromatic N) is 1. The topological polar surface area (TPSA) is 66.8 Å². The van der Waals surface area contributed by atoms with Crippen molar-refractivity contribution < 1.29 is 19.4 Å². The molecule has 5 heteroatoms. The molecule has 2 aliphatic rings. The van der Waals surface area contributed by atoms with Crippen LogP contribution < -0.4 is 0 Å². The zero-order chi connectivity index (χ0) is 12.6. The molecule has 1 saturated carbocycles. The highest BCUT2D eigenvalue weighted by molar-refractivity contribution is 6.02. The molecule has 0 spiro atoms. The van der Waals surface area contributed by atoms with Gasteiger partial charge in [-0.2, -0.15) is 0 Å². The van der Waals surface area contributed by atoms with Crippen LogP contribution in [-0.2, 0) is 14.3 Å². The van der Waals surface area contributed by atoms with Crippen molar-refractivity contribution in [2.45, 2.75) is 45.3 Å². The fraction of sp³-hybridized carbons (Fsp3) is 0.833. The van der Waals surface area contributed by atoms with E-state index < -0.39 is 11.4 Å². The number of aliphatic carboxylic acids is 1. The monoisotopic (exact) mass is 241 g/mol. The zero-order valence-electron chi connectivity index (χ0n) is 10.3. The quantitative estimate of drug-likeness (QED) is 0.729. The van der Waals surface area contributed by atoms with Gasteiger partial charge in [0.05, 0.1) is 12.2 Å². The van der Waals surface area contributed by atoms with Crippen LogP contribution in [0.15, 0.2) is 0 Å². The van der Waals surface area contributed by atoms with Crippen LogP contribution in [-0.4, -0.2) is 47.2 Å². The summed E-state index contributed by atoms with van der Waals surface area (Å²) < 4.78 is 5.55. The molecule has 2 rings (SSSR count). The molecular weight excluding hydrogens is 222 g/mol. The van der Waals surface area contributed by atoms with Gasteiger partial charge in [-0.25, -0.2) is 0 Å². The van der Waals surface area contributed by atoms with Crippen LogP contribution in [0.2, 0.25) is 0 Å². The number of morpholine rings is 1. The molecule has 1 aliphatic carbocycles. The first kappa shape index (κ1) is 12.4. The summed E-state index contributed by atoms with van der Waals surface area (Å²) in [6, 6.07) is 0. The van der Waals surface area contributed by atoms with Crippen LogP contribution in [0.1, 0.15) is 33.1 Å². The highest BCUT2D eigenvalue weighted by Gasteiger charge is 2.53. The largest absolute Gasteiger partial charge is 0.480 e. The molecule has 1 N–H and O–H groups in total. The molecule has 1 heterocycles. The molecule has 0 radical (unpaired) electrons. The lowest BCUT2D eigenvalue weighted by atomic mass is 9.67. The molecule has 5 nitrogen and oxygen atoms in total. The van der Waals surface area contributed by atoms with Crippen LogP contribution in [0.3, 0.4) is 0 Å². The number of hydrogen-bond acceptors (Lipinski definition) is 3. The maximum absolute atomic E-state index is 12.3. The molecule has 1 saturated heterocycles. The number of amides is 1. The zero-order valence-corrected chi connectivity index (χ0v) is 10.3. The van der Waals surface area contributed by atoms with Gasteiger partial charge in [-0.05, 0) is 26.7 Å². The number of carbonyl (C=O) groups excluding carboxylic acids is 1. The molecular formula is C12H19NO4. The Morgan fingerprint density at radius 2 is 1.76 bits per heavy atom. The summed E-state index contributed by atoms with van der Waals surface area (Å²) in [7, 11) is 0. The second-order valence-electron chi connectivity index (χ2n) is 5.21. The van der Waals surface area contributed by atoms with E-state index in [1.54, 1.807) is 4.90 Å². The Labute approximate surface area is 101 Å². The first-order valence-electron chi connectivity index (χ1n) is 6.14. The van der Waals surface area contributed by atoms with Crippen molar-refractivity contribution in [3.05, 3.63) is 0 Å². The van der Waals surface area contributed by atoms with Crippen LogP contribution >= 0.6 is 0 Å². The molecule has 1 aliphatic heterocycles. The summed E-state index contributed by atoms with van der Waals surface area (Å²) >= 11 is 0. The Kier molecular flexibility index (Phi) is 3.12. The van der Waals surface area contributed by atoms with Crippen LogP contribution in [0.4, 0.5) is 0 Å². The van der Waals surface area contributed by atoms with Crippen molar-refractivity contribution in [3.8, 4) is 0 Å². The van der Waals surface area contributed by atoms with E-state index in [9.17, 15) is 14.7 Å². The van der Waals surface area contributed by atoms with Crippen LogP contribution in [0.5, 0.6) is 0 Å². The summed E-state index contributed by atoms with van der Waals surface area (Å²) in [6.45, 7) is 4.81. The lowest BCUT2D eigenvalue weighted by Crippen LogP contribution is -2.57. The molecule has 17 heavy (non-hydrogen) atoms. The maximum Gasteiger partial charge on any atom is 0.319 e. The van der Waals surface area contributed by atoms with E-state index in [0.29, 0.717) is 25.9 Å². The van der Waals surface area contributed by atoms with Crippen LogP contribution in [0.25, 0.3) is 0 Å². The van der Waals surface area contributed by atoms with E-state index in [-0.39, 0.29) is 18.1 Å². The van der Waals surface area contributed by atoms with E-state index in [2.05, 4.69) is 0 Å². The summed E-state index contributed by atoms with van der Waals surface area (Å²) in [5.74, 6) is -1.20. The van der Waals surface area contributed by atoms with E-state index >= 15 is 0 Å². The standard InChI is InChI=1S/C12H19NO4/c1-8-6-13(7-9(2)17-8)10(14)12(11(15)16)4-3-5-12/h8-9H,3-7H2,1-2H3,(H,15,16)/t8-,9+. The van der Waals surface area contributed by atoms with Crippen molar-refractivity contribution in [3.63, 3.8) is 0 Å². The number of hydrogen-bond donors (Lipinski definition) is 1.